The highest BCUT2D eigenvalue weighted by Crippen LogP contribution is 2.76. The maximum absolute atomic E-state index is 14.7. The van der Waals surface area contributed by atoms with E-state index in [1.54, 1.807) is 0 Å². The number of fused-ring (bicyclic) bond motifs is 7. The van der Waals surface area contributed by atoms with E-state index < -0.39 is 39.7 Å². The zero-order chi connectivity index (χ0) is 45.2. The van der Waals surface area contributed by atoms with Gasteiger partial charge in [-0.15, -0.1) is 0 Å². The van der Waals surface area contributed by atoms with Crippen LogP contribution in [0.4, 0.5) is 0 Å². The molecule has 0 saturated heterocycles. The van der Waals surface area contributed by atoms with Gasteiger partial charge in [0, 0.05) is 11.8 Å². The van der Waals surface area contributed by atoms with Gasteiger partial charge in [0.25, 0.3) is 0 Å². The van der Waals surface area contributed by atoms with Crippen LogP contribution in [0.5, 0.6) is 0 Å². The number of nitrogens with one attached hydrogen (secondary N) is 2. The number of benzene rings is 1. The molecule has 1 aromatic rings. The van der Waals surface area contributed by atoms with E-state index in [4.69, 9.17) is 4.74 Å². The van der Waals surface area contributed by atoms with Crippen LogP contribution in [0.25, 0.3) is 0 Å². The lowest BCUT2D eigenvalue weighted by Gasteiger charge is -2.72. The first-order chi connectivity index (χ1) is 28.8. The molecule has 0 aliphatic heterocycles. The number of carboxylic acids is 1. The van der Waals surface area contributed by atoms with Crippen molar-refractivity contribution in [3.05, 3.63) is 47.0 Å². The van der Waals surface area contributed by atoms with E-state index in [1.807, 2.05) is 58.0 Å². The first-order valence-corrected chi connectivity index (χ1v) is 24.2. The van der Waals surface area contributed by atoms with Crippen molar-refractivity contribution in [3.63, 3.8) is 0 Å². The fourth-order valence-electron chi connectivity index (χ4n) is 16.1. The molecule has 8 rings (SSSR count). The van der Waals surface area contributed by atoms with Crippen molar-refractivity contribution in [3.8, 4) is 0 Å². The maximum Gasteiger partial charge on any atom is 0.309 e. The number of rotatable bonds is 9. The molecule has 62 heavy (non-hydrogen) atoms. The van der Waals surface area contributed by atoms with Crippen LogP contribution >= 0.6 is 0 Å². The highest BCUT2D eigenvalue weighted by atomic mass is 16.5. The number of Topliss-reactive ketones (excluding diaryl/α,β-unsaturated/α-hetero) is 1. The normalized spacial score (nSPS) is 39.1. The monoisotopic (exact) mass is 853 g/mol. The van der Waals surface area contributed by atoms with Gasteiger partial charge in [0.05, 0.1) is 22.8 Å². The van der Waals surface area contributed by atoms with Crippen molar-refractivity contribution in [2.75, 3.05) is 0 Å². The van der Waals surface area contributed by atoms with E-state index in [0.717, 1.165) is 81.8 Å². The molecule has 9 heteroatoms. The number of ether oxygens (including phenoxy) is 1. The summed E-state index contributed by atoms with van der Waals surface area (Å²) in [5.74, 6) is -1.23. The van der Waals surface area contributed by atoms with Gasteiger partial charge in [-0.3, -0.25) is 24.0 Å². The van der Waals surface area contributed by atoms with Gasteiger partial charge < -0.3 is 20.5 Å². The number of hydrogen-bond donors (Lipinski definition) is 3. The molecular weight excluding hydrogens is 777 g/mol. The largest absolute Gasteiger partial charge is 0.481 e. The molecular formula is C53H76N2O7. The van der Waals surface area contributed by atoms with Gasteiger partial charge in [0.2, 0.25) is 11.8 Å². The number of esters is 1. The summed E-state index contributed by atoms with van der Waals surface area (Å²) in [4.78, 5) is 68.9. The first-order valence-electron chi connectivity index (χ1n) is 24.2. The van der Waals surface area contributed by atoms with Crippen LogP contribution < -0.4 is 10.6 Å². The van der Waals surface area contributed by atoms with Crippen molar-refractivity contribution in [1.82, 2.24) is 10.6 Å². The summed E-state index contributed by atoms with van der Waals surface area (Å²) >= 11 is 0. The van der Waals surface area contributed by atoms with Crippen molar-refractivity contribution < 1.29 is 33.8 Å². The molecule has 0 bridgehead atoms. The van der Waals surface area contributed by atoms with Gasteiger partial charge in [0.1, 0.15) is 11.6 Å². The average Bonchev–Trinajstić information content (AvgIpc) is 3.80. The minimum absolute atomic E-state index is 0.0141. The summed E-state index contributed by atoms with van der Waals surface area (Å²) in [6.45, 7) is 23.8. The van der Waals surface area contributed by atoms with Crippen molar-refractivity contribution >= 4 is 29.5 Å². The van der Waals surface area contributed by atoms with Crippen LogP contribution in [0, 0.1) is 62.6 Å². The predicted octanol–water partition coefficient (Wildman–Crippen LogP) is 9.90. The second-order valence-corrected chi connectivity index (χ2v) is 24.3. The highest BCUT2D eigenvalue weighted by molar-refractivity contribution is 6.03. The third-order valence-electron chi connectivity index (χ3n) is 20.0. The van der Waals surface area contributed by atoms with E-state index in [2.05, 4.69) is 59.1 Å². The summed E-state index contributed by atoms with van der Waals surface area (Å²) in [6, 6.07) is 10.0. The fraction of sp³-hybridized carbons (Fsp3) is 0.755. The van der Waals surface area contributed by atoms with E-state index in [0.29, 0.717) is 24.7 Å². The van der Waals surface area contributed by atoms with Gasteiger partial charge in [-0.1, -0.05) is 105 Å². The number of amides is 2. The lowest BCUT2D eigenvalue weighted by Crippen LogP contribution is -2.68. The Hall–Kier alpha value is -3.49. The molecule has 7 aliphatic carbocycles. The topological polar surface area (TPSA) is 139 Å². The predicted molar refractivity (Wildman–Crippen MR) is 240 cm³/mol. The number of aliphatic carboxylic acids is 1. The summed E-state index contributed by atoms with van der Waals surface area (Å²) in [7, 11) is 0. The molecule has 1 aromatic carbocycles. The van der Waals surface area contributed by atoms with Crippen molar-refractivity contribution in [1.29, 1.82) is 0 Å². The van der Waals surface area contributed by atoms with Crippen LogP contribution in [0.15, 0.2) is 41.5 Å². The lowest BCUT2D eigenvalue weighted by molar-refractivity contribution is -0.235. The van der Waals surface area contributed by atoms with Crippen LogP contribution in [-0.2, 0) is 34.1 Å². The maximum atomic E-state index is 14.7. The number of carbonyl (C=O) groups is 5. The summed E-state index contributed by atoms with van der Waals surface area (Å²) in [5, 5.41) is 16.5. The molecule has 340 valence electrons. The Kier molecular flexibility index (Phi) is 10.7. The summed E-state index contributed by atoms with van der Waals surface area (Å²) in [5.41, 5.74) is -0.518. The van der Waals surface area contributed by atoms with Gasteiger partial charge in [0.15, 0.2) is 5.78 Å². The molecule has 0 spiro atoms. The molecule has 9 nitrogen and oxygen atoms in total. The third kappa shape index (κ3) is 6.36. The van der Waals surface area contributed by atoms with Gasteiger partial charge >= 0.3 is 11.9 Å². The fourth-order valence-corrected chi connectivity index (χ4v) is 16.1. The van der Waals surface area contributed by atoms with Crippen LogP contribution in [0.1, 0.15) is 172 Å². The van der Waals surface area contributed by atoms with Crippen molar-refractivity contribution in [2.24, 2.45) is 62.6 Å². The molecule has 0 aromatic heterocycles. The minimum atomic E-state index is -1.20. The van der Waals surface area contributed by atoms with E-state index >= 15 is 0 Å². The minimum Gasteiger partial charge on any atom is -0.481 e. The second-order valence-electron chi connectivity index (χ2n) is 24.3. The third-order valence-corrected chi connectivity index (χ3v) is 20.0. The number of hydrogen-bond acceptors (Lipinski definition) is 6. The summed E-state index contributed by atoms with van der Waals surface area (Å²) in [6.07, 6.45) is 11.2. The number of carbonyl (C=O) groups excluding carboxylic acids is 4. The SMILES string of the molecule is CC(C)C1=C2[C@H]3CC[C@@H]4[C@@]5(C)CC[C@H](OC(=O)[C@H]6C[C@@H](C(=O)O)C6(C)C)C(C)(C)C5CC[C@@]4(C)[C@]3(C)CC[C@@]2(NC(=O)C(C)(C)NC(=O)C2(c3ccccc3)CCCC2)CC1=O. The molecule has 0 heterocycles. The van der Waals surface area contributed by atoms with Gasteiger partial charge in [-0.25, -0.2) is 0 Å². The zero-order valence-electron chi connectivity index (χ0n) is 39.7. The molecule has 0 radical (unpaired) electrons. The Morgan fingerprint density at radius 1 is 0.774 bits per heavy atom. The quantitative estimate of drug-likeness (QED) is 0.210. The molecule has 2 amide bonds. The van der Waals surface area contributed by atoms with E-state index in [1.165, 1.54) is 5.57 Å². The Bertz CT molecular complexity index is 2060. The van der Waals surface area contributed by atoms with Gasteiger partial charge in [-0.05, 0) is 147 Å². The van der Waals surface area contributed by atoms with E-state index in [-0.39, 0.29) is 69.6 Å². The molecule has 3 N–H and O–H groups in total. The number of carboxylic acid groups (broad SMARTS) is 1. The van der Waals surface area contributed by atoms with Crippen LogP contribution in [0.3, 0.4) is 0 Å². The number of ketones is 1. The van der Waals surface area contributed by atoms with Crippen LogP contribution in [-0.4, -0.2) is 51.8 Å². The Labute approximate surface area is 371 Å². The Morgan fingerprint density at radius 3 is 2.05 bits per heavy atom. The molecule has 1 unspecified atom stereocenters. The molecule has 6 fully saturated rings. The zero-order valence-corrected chi connectivity index (χ0v) is 39.7. The Balaban J connectivity index is 1.04. The van der Waals surface area contributed by atoms with Gasteiger partial charge in [-0.2, -0.15) is 0 Å². The standard InChI is InChI=1S/C53H76N2O7/c1-31(2)40-36(56)30-53(55-44(60)48(7,8)54-45(61)52(23-15-16-24-52)32-17-13-12-14-18-32)28-27-50(10)33(41(40)53)19-20-38-49(9)25-22-39(47(5,6)37(49)21-26-51(38,50)11)62-43(59)35-29-34(42(57)58)46(35,3)4/h12-14,17-18,31,33-35,37-39H,15-16,19-30H2,1-11H3,(H,54,61)(H,55,60)(H,57,58)/t33-,34+,35-,37?,38-,39+,49+,50-,51-,53-/m1/s1. The smallest absolute Gasteiger partial charge is 0.309 e. The Morgan fingerprint density at radius 2 is 1.44 bits per heavy atom. The molecule has 10 atom stereocenters. The van der Waals surface area contributed by atoms with Crippen LogP contribution in [0.2, 0.25) is 0 Å². The second kappa shape index (κ2) is 14.8. The average molecular weight is 853 g/mol. The lowest BCUT2D eigenvalue weighted by atomic mass is 9.33. The number of allylic oxidation sites excluding steroid dienone is 1. The molecule has 6 saturated carbocycles. The first kappa shape index (κ1) is 45.1. The van der Waals surface area contributed by atoms with Crippen molar-refractivity contribution in [2.45, 2.75) is 189 Å². The highest BCUT2D eigenvalue weighted by Gasteiger charge is 2.71. The van der Waals surface area contributed by atoms with E-state index in [9.17, 15) is 29.1 Å². The summed E-state index contributed by atoms with van der Waals surface area (Å²) < 4.78 is 6.44. The molecule has 7 aliphatic rings.